The maximum atomic E-state index is 12.4. The average Bonchev–Trinajstić information content (AvgIpc) is 2.80. The number of pyridine rings is 1. The first kappa shape index (κ1) is 23.8. The van der Waals surface area contributed by atoms with Gasteiger partial charge < -0.3 is 26.2 Å². The van der Waals surface area contributed by atoms with Gasteiger partial charge in [-0.3, -0.25) is 24.2 Å². The monoisotopic (exact) mass is 468 g/mol. The first-order valence-corrected chi connectivity index (χ1v) is 9.90. The zero-order valence-electron chi connectivity index (χ0n) is 17.6. The van der Waals surface area contributed by atoms with Crippen LogP contribution in [-0.2, 0) is 20.9 Å². The van der Waals surface area contributed by atoms with Gasteiger partial charge in [-0.1, -0.05) is 12.1 Å². The van der Waals surface area contributed by atoms with E-state index < -0.39 is 35.9 Å². The first-order chi connectivity index (χ1) is 16.2. The number of carboxylic acid groups (broad SMARTS) is 2. The number of nitrogens with two attached hydrogens (primary N) is 1. The van der Waals surface area contributed by atoms with Crippen molar-refractivity contribution in [2.75, 3.05) is 10.6 Å². The highest BCUT2D eigenvalue weighted by atomic mass is 16.4. The number of nitrogen functional groups attached to an aromatic ring is 1. The number of carboxylic acids is 2. The van der Waals surface area contributed by atoms with Crippen molar-refractivity contribution in [3.8, 4) is 0 Å². The number of fused-ring (bicyclic) bond motifs is 1. The number of aromatic amines is 1. The lowest BCUT2D eigenvalue weighted by molar-refractivity contribution is -0.140. The van der Waals surface area contributed by atoms with Crippen LogP contribution in [-0.4, -0.2) is 55.5 Å². The molecule has 6 N–H and O–H groups in total. The number of carbonyl (C=O) groups excluding carboxylic acids is 2. The van der Waals surface area contributed by atoms with Crippen LogP contribution in [0.1, 0.15) is 28.8 Å². The summed E-state index contributed by atoms with van der Waals surface area (Å²) in [7, 11) is 0. The minimum atomic E-state index is -1.35. The van der Waals surface area contributed by atoms with Crippen LogP contribution in [0.15, 0.2) is 41.3 Å². The molecule has 2 amide bonds. The molecule has 1 atom stereocenters. The molecule has 0 saturated heterocycles. The molecule has 0 aliphatic rings. The summed E-state index contributed by atoms with van der Waals surface area (Å²) in [6, 6.07) is 6.14. The Morgan fingerprint density at radius 3 is 2.53 bits per heavy atom. The Kier molecular flexibility index (Phi) is 7.16. The minimum Gasteiger partial charge on any atom is -0.481 e. The number of hydrogen-bond donors (Lipinski definition) is 5. The van der Waals surface area contributed by atoms with Gasteiger partial charge in [0.1, 0.15) is 6.04 Å². The summed E-state index contributed by atoms with van der Waals surface area (Å²) >= 11 is 0. The summed E-state index contributed by atoms with van der Waals surface area (Å²) in [6.07, 6.45) is 1.26. The van der Waals surface area contributed by atoms with Crippen LogP contribution >= 0.6 is 0 Å². The van der Waals surface area contributed by atoms with Crippen molar-refractivity contribution < 1.29 is 29.4 Å². The summed E-state index contributed by atoms with van der Waals surface area (Å²) in [5, 5.41) is 20.3. The van der Waals surface area contributed by atoms with E-state index in [0.717, 1.165) is 0 Å². The van der Waals surface area contributed by atoms with Gasteiger partial charge >= 0.3 is 11.9 Å². The average molecular weight is 468 g/mol. The molecule has 34 heavy (non-hydrogen) atoms. The highest BCUT2D eigenvalue weighted by molar-refractivity contribution is 5.96. The van der Waals surface area contributed by atoms with Crippen molar-refractivity contribution in [2.45, 2.75) is 25.4 Å². The maximum Gasteiger partial charge on any atom is 0.326 e. The second-order valence-corrected chi connectivity index (χ2v) is 7.24. The van der Waals surface area contributed by atoms with Crippen molar-refractivity contribution in [1.82, 2.24) is 20.3 Å². The number of carbonyl (C=O) groups is 4. The highest BCUT2D eigenvalue weighted by Crippen LogP contribution is 2.18. The molecule has 0 saturated carbocycles. The molecule has 13 heteroatoms. The topological polar surface area (TPSA) is 209 Å². The molecular formula is C21H20N6O7. The lowest BCUT2D eigenvalue weighted by Gasteiger charge is -2.18. The smallest absolute Gasteiger partial charge is 0.326 e. The van der Waals surface area contributed by atoms with E-state index in [0.29, 0.717) is 17.7 Å². The Morgan fingerprint density at radius 2 is 1.91 bits per heavy atom. The number of rotatable bonds is 10. The van der Waals surface area contributed by atoms with Gasteiger partial charge in [0.05, 0.1) is 23.8 Å². The van der Waals surface area contributed by atoms with Gasteiger partial charge in [-0.25, -0.2) is 9.78 Å². The molecule has 0 fully saturated rings. The predicted molar refractivity (Wildman–Crippen MR) is 119 cm³/mol. The van der Waals surface area contributed by atoms with E-state index in [1.165, 1.54) is 29.3 Å². The number of nitrogens with one attached hydrogen (secondary N) is 2. The fourth-order valence-electron chi connectivity index (χ4n) is 3.10. The second-order valence-electron chi connectivity index (χ2n) is 7.24. The lowest BCUT2D eigenvalue weighted by Crippen LogP contribution is -2.41. The zero-order chi connectivity index (χ0) is 24.8. The minimum absolute atomic E-state index is 0.0781. The molecule has 1 aromatic carbocycles. The quantitative estimate of drug-likeness (QED) is 0.254. The van der Waals surface area contributed by atoms with Gasteiger partial charge in [0.2, 0.25) is 12.4 Å². The Bertz CT molecular complexity index is 1310. The third kappa shape index (κ3) is 5.70. The molecule has 0 bridgehead atoms. The Labute approximate surface area is 191 Å². The van der Waals surface area contributed by atoms with Gasteiger partial charge in [-0.15, -0.1) is 0 Å². The van der Waals surface area contributed by atoms with Crippen LogP contribution in [0.2, 0.25) is 0 Å². The first-order valence-electron chi connectivity index (χ1n) is 9.90. The summed E-state index contributed by atoms with van der Waals surface area (Å²) in [6.45, 7) is 0.0925. The largest absolute Gasteiger partial charge is 0.481 e. The van der Waals surface area contributed by atoms with E-state index in [4.69, 9.17) is 10.8 Å². The zero-order valence-corrected chi connectivity index (χ0v) is 17.6. The molecule has 0 aliphatic carbocycles. The molecule has 1 unspecified atom stereocenters. The van der Waals surface area contributed by atoms with Crippen molar-refractivity contribution >= 4 is 46.9 Å². The van der Waals surface area contributed by atoms with E-state index >= 15 is 0 Å². The predicted octanol–water partition coefficient (Wildman–Crippen LogP) is 0.111. The number of aliphatic carboxylic acids is 2. The van der Waals surface area contributed by atoms with Gasteiger partial charge in [-0.2, -0.15) is 4.98 Å². The number of anilines is 2. The fraction of sp³-hybridized carbons (Fsp3) is 0.190. The normalized spacial score (nSPS) is 11.5. The van der Waals surface area contributed by atoms with Crippen molar-refractivity contribution in [1.29, 1.82) is 0 Å². The number of amides is 2. The molecule has 3 rings (SSSR count). The van der Waals surface area contributed by atoms with Crippen LogP contribution in [0.25, 0.3) is 11.0 Å². The van der Waals surface area contributed by atoms with E-state index in [1.54, 1.807) is 12.1 Å². The standard InChI is InChI=1S/C21H20N6O7/c22-21-25-17-14(19(32)26-21)7-13(8-23-17)27(10-28)9-11-1-3-12(4-2-11)18(31)24-15(20(33)34)5-6-16(29)30/h1-4,7-8,10,15H,5-6,9H2,(H,24,31)(H,29,30)(H,33,34)(H3,22,23,25,26,32). The van der Waals surface area contributed by atoms with Crippen LogP contribution < -0.4 is 21.5 Å². The highest BCUT2D eigenvalue weighted by Gasteiger charge is 2.21. The van der Waals surface area contributed by atoms with Crippen LogP contribution in [0.4, 0.5) is 11.6 Å². The molecule has 2 aromatic heterocycles. The SMILES string of the molecule is Nc1nc2ncc(N(C=O)Cc3ccc(C(=O)NC(CCC(=O)O)C(=O)O)cc3)cc2c(=O)[nH]1. The Morgan fingerprint density at radius 1 is 1.21 bits per heavy atom. The number of aromatic nitrogens is 3. The lowest BCUT2D eigenvalue weighted by atomic mass is 10.1. The summed E-state index contributed by atoms with van der Waals surface area (Å²) in [5.74, 6) is -3.27. The van der Waals surface area contributed by atoms with Crippen molar-refractivity contribution in [3.05, 3.63) is 58.0 Å². The molecule has 13 nitrogen and oxygen atoms in total. The van der Waals surface area contributed by atoms with Crippen LogP contribution in [0.5, 0.6) is 0 Å². The van der Waals surface area contributed by atoms with E-state index in [9.17, 15) is 29.1 Å². The summed E-state index contributed by atoms with van der Waals surface area (Å²) in [5.41, 5.74) is 6.26. The Hall–Kier alpha value is -4.81. The van der Waals surface area contributed by atoms with Gasteiger partial charge in [-0.05, 0) is 30.2 Å². The molecule has 3 aromatic rings. The number of nitrogens with zero attached hydrogens (tertiary/aromatic N) is 3. The second kappa shape index (κ2) is 10.2. The number of hydrogen-bond acceptors (Lipinski definition) is 8. The van der Waals surface area contributed by atoms with Gasteiger partial charge in [0.15, 0.2) is 5.65 Å². The van der Waals surface area contributed by atoms with Crippen molar-refractivity contribution in [3.63, 3.8) is 0 Å². The molecule has 2 heterocycles. The number of H-pyrrole nitrogens is 1. The van der Waals surface area contributed by atoms with Crippen molar-refractivity contribution in [2.24, 2.45) is 0 Å². The summed E-state index contributed by atoms with van der Waals surface area (Å²) < 4.78 is 0. The van der Waals surface area contributed by atoms with E-state index in [-0.39, 0.29) is 35.5 Å². The van der Waals surface area contributed by atoms with Crippen LogP contribution in [0, 0.1) is 0 Å². The molecule has 0 radical (unpaired) electrons. The van der Waals surface area contributed by atoms with E-state index in [1.807, 2.05) is 0 Å². The third-order valence-electron chi connectivity index (χ3n) is 4.84. The summed E-state index contributed by atoms with van der Waals surface area (Å²) in [4.78, 5) is 69.7. The molecule has 176 valence electrons. The Balaban J connectivity index is 1.72. The van der Waals surface area contributed by atoms with E-state index in [2.05, 4.69) is 20.3 Å². The number of benzene rings is 1. The molecule has 0 spiro atoms. The fourth-order valence-corrected chi connectivity index (χ4v) is 3.10. The third-order valence-corrected chi connectivity index (χ3v) is 4.84. The van der Waals surface area contributed by atoms with Crippen LogP contribution in [0.3, 0.4) is 0 Å². The molecular weight excluding hydrogens is 448 g/mol. The van der Waals surface area contributed by atoms with Gasteiger partial charge in [0, 0.05) is 12.0 Å². The maximum absolute atomic E-state index is 12.4. The molecule has 0 aliphatic heterocycles. The van der Waals surface area contributed by atoms with Gasteiger partial charge in [0.25, 0.3) is 11.5 Å².